The van der Waals surface area contributed by atoms with Crippen molar-refractivity contribution < 1.29 is 9.59 Å². The zero-order chi connectivity index (χ0) is 14.9. The maximum atomic E-state index is 12.5. The maximum absolute atomic E-state index is 12.5. The van der Waals surface area contributed by atoms with Gasteiger partial charge in [-0.15, -0.1) is 11.3 Å². The number of hydrogen-bond acceptors (Lipinski definition) is 3. The summed E-state index contributed by atoms with van der Waals surface area (Å²) in [5, 5.41) is 1.87. The summed E-state index contributed by atoms with van der Waals surface area (Å²) in [4.78, 5) is 29.5. The molecule has 1 fully saturated rings. The van der Waals surface area contributed by atoms with Gasteiger partial charge in [0, 0.05) is 29.9 Å². The van der Waals surface area contributed by atoms with Crippen molar-refractivity contribution in [2.75, 3.05) is 19.6 Å². The highest BCUT2D eigenvalue weighted by Gasteiger charge is 2.34. The van der Waals surface area contributed by atoms with Crippen LogP contribution in [0.4, 0.5) is 0 Å². The molecular formula is C15H22N2O2S. The summed E-state index contributed by atoms with van der Waals surface area (Å²) in [6, 6.07) is 1.53. The first-order valence-corrected chi connectivity index (χ1v) is 7.93. The molecule has 0 saturated carbocycles. The summed E-state index contributed by atoms with van der Waals surface area (Å²) in [5.74, 6) is 0.484. The molecule has 1 unspecified atom stereocenters. The van der Waals surface area contributed by atoms with Crippen molar-refractivity contribution in [3.63, 3.8) is 0 Å². The number of amides is 2. The Bertz CT molecular complexity index is 510. The van der Waals surface area contributed by atoms with Crippen molar-refractivity contribution in [3.05, 3.63) is 21.9 Å². The lowest BCUT2D eigenvalue weighted by Crippen LogP contribution is -2.58. The SMILES string of the molecule is Cc1cc(C(=O)N2CCN(CC(C)C)C(=O)C2C)cs1. The lowest BCUT2D eigenvalue weighted by molar-refractivity contribution is -0.140. The topological polar surface area (TPSA) is 40.6 Å². The fourth-order valence-corrected chi connectivity index (χ4v) is 3.23. The average molecular weight is 294 g/mol. The Labute approximate surface area is 124 Å². The van der Waals surface area contributed by atoms with Gasteiger partial charge in [0.15, 0.2) is 0 Å². The van der Waals surface area contributed by atoms with Crippen molar-refractivity contribution in [1.29, 1.82) is 0 Å². The molecule has 1 saturated heterocycles. The van der Waals surface area contributed by atoms with Crippen LogP contribution in [-0.2, 0) is 4.79 Å². The number of carbonyl (C=O) groups excluding carboxylic acids is 2. The molecule has 0 spiro atoms. The second kappa shape index (κ2) is 5.95. The van der Waals surface area contributed by atoms with Gasteiger partial charge in [-0.1, -0.05) is 13.8 Å². The van der Waals surface area contributed by atoms with Gasteiger partial charge < -0.3 is 9.80 Å². The molecule has 0 aromatic carbocycles. The Morgan fingerprint density at radius 3 is 2.70 bits per heavy atom. The zero-order valence-corrected chi connectivity index (χ0v) is 13.4. The van der Waals surface area contributed by atoms with E-state index in [-0.39, 0.29) is 17.9 Å². The van der Waals surface area contributed by atoms with Gasteiger partial charge in [0.25, 0.3) is 5.91 Å². The van der Waals surface area contributed by atoms with Crippen LogP contribution in [0.5, 0.6) is 0 Å². The van der Waals surface area contributed by atoms with Crippen LogP contribution in [0.3, 0.4) is 0 Å². The van der Waals surface area contributed by atoms with E-state index >= 15 is 0 Å². The van der Waals surface area contributed by atoms with E-state index in [9.17, 15) is 9.59 Å². The van der Waals surface area contributed by atoms with E-state index in [1.165, 1.54) is 0 Å². The average Bonchev–Trinajstić information content (AvgIpc) is 2.81. The van der Waals surface area contributed by atoms with Gasteiger partial charge in [0.2, 0.25) is 5.91 Å². The summed E-state index contributed by atoms with van der Waals surface area (Å²) in [6.45, 7) is 10.0. The van der Waals surface area contributed by atoms with E-state index in [1.54, 1.807) is 16.2 Å². The molecule has 110 valence electrons. The number of nitrogens with zero attached hydrogens (tertiary/aromatic N) is 2. The third-order valence-electron chi connectivity index (χ3n) is 3.57. The number of rotatable bonds is 3. The van der Waals surface area contributed by atoms with Gasteiger partial charge in [0.05, 0.1) is 5.56 Å². The predicted octanol–water partition coefficient (Wildman–Crippen LogP) is 2.39. The van der Waals surface area contributed by atoms with Crippen molar-refractivity contribution in [3.8, 4) is 0 Å². The van der Waals surface area contributed by atoms with Crippen LogP contribution >= 0.6 is 11.3 Å². The van der Waals surface area contributed by atoms with Gasteiger partial charge in [-0.25, -0.2) is 0 Å². The summed E-state index contributed by atoms with van der Waals surface area (Å²) in [7, 11) is 0. The normalized spacial score (nSPS) is 19.9. The third-order valence-corrected chi connectivity index (χ3v) is 4.43. The Morgan fingerprint density at radius 1 is 1.45 bits per heavy atom. The van der Waals surface area contributed by atoms with E-state index < -0.39 is 0 Å². The first-order chi connectivity index (χ1) is 9.40. The number of thiophene rings is 1. The molecule has 1 aromatic heterocycles. The molecule has 5 heteroatoms. The minimum atomic E-state index is -0.366. The van der Waals surface area contributed by atoms with Crippen molar-refractivity contribution in [1.82, 2.24) is 9.80 Å². The van der Waals surface area contributed by atoms with E-state index in [2.05, 4.69) is 13.8 Å². The van der Waals surface area contributed by atoms with Gasteiger partial charge in [-0.05, 0) is 25.8 Å². The largest absolute Gasteiger partial charge is 0.339 e. The molecule has 20 heavy (non-hydrogen) atoms. The van der Waals surface area contributed by atoms with Crippen LogP contribution in [0.15, 0.2) is 11.4 Å². The zero-order valence-electron chi connectivity index (χ0n) is 12.5. The fraction of sp³-hybridized carbons (Fsp3) is 0.600. The summed E-state index contributed by atoms with van der Waals surface area (Å²) in [5.41, 5.74) is 0.699. The van der Waals surface area contributed by atoms with E-state index in [1.807, 2.05) is 30.2 Å². The molecule has 0 aliphatic carbocycles. The number of piperazine rings is 1. The third kappa shape index (κ3) is 3.03. The second-order valence-electron chi connectivity index (χ2n) is 5.80. The molecular weight excluding hydrogens is 272 g/mol. The van der Waals surface area contributed by atoms with Gasteiger partial charge >= 0.3 is 0 Å². The highest BCUT2D eigenvalue weighted by Crippen LogP contribution is 2.19. The van der Waals surface area contributed by atoms with Crippen LogP contribution in [0.2, 0.25) is 0 Å². The first-order valence-electron chi connectivity index (χ1n) is 7.05. The molecule has 1 aromatic rings. The first kappa shape index (κ1) is 15.0. The number of hydrogen-bond donors (Lipinski definition) is 0. The molecule has 4 nitrogen and oxygen atoms in total. The summed E-state index contributed by atoms with van der Waals surface area (Å²) in [6.07, 6.45) is 0. The molecule has 1 aliphatic heterocycles. The van der Waals surface area contributed by atoms with Crippen LogP contribution in [0.25, 0.3) is 0 Å². The molecule has 1 aliphatic rings. The van der Waals surface area contributed by atoms with E-state index in [4.69, 9.17) is 0 Å². The molecule has 1 atom stereocenters. The quantitative estimate of drug-likeness (QED) is 0.859. The minimum absolute atomic E-state index is 0.0283. The van der Waals surface area contributed by atoms with Crippen LogP contribution < -0.4 is 0 Å². The predicted molar refractivity (Wildman–Crippen MR) is 81.0 cm³/mol. The molecule has 2 heterocycles. The highest BCUT2D eigenvalue weighted by atomic mass is 32.1. The Morgan fingerprint density at radius 2 is 2.15 bits per heavy atom. The maximum Gasteiger partial charge on any atom is 0.255 e. The standard InChI is InChI=1S/C15H22N2O2S/c1-10(2)8-16-5-6-17(12(4)14(16)18)15(19)13-7-11(3)20-9-13/h7,9-10,12H,5-6,8H2,1-4H3. The van der Waals surface area contributed by atoms with Gasteiger partial charge in [-0.2, -0.15) is 0 Å². The molecule has 0 bridgehead atoms. The highest BCUT2D eigenvalue weighted by molar-refractivity contribution is 7.10. The van der Waals surface area contributed by atoms with Crippen molar-refractivity contribution in [2.24, 2.45) is 5.92 Å². The minimum Gasteiger partial charge on any atom is -0.339 e. The number of carbonyl (C=O) groups is 2. The summed E-state index contributed by atoms with van der Waals surface area (Å²) < 4.78 is 0. The van der Waals surface area contributed by atoms with Gasteiger partial charge in [0.1, 0.15) is 6.04 Å². The molecule has 0 radical (unpaired) electrons. The lowest BCUT2D eigenvalue weighted by atomic mass is 10.1. The molecule has 0 N–H and O–H groups in total. The Kier molecular flexibility index (Phi) is 4.48. The lowest BCUT2D eigenvalue weighted by Gasteiger charge is -2.39. The van der Waals surface area contributed by atoms with Crippen molar-refractivity contribution >= 4 is 23.2 Å². The van der Waals surface area contributed by atoms with Crippen LogP contribution in [-0.4, -0.2) is 47.3 Å². The molecule has 2 rings (SSSR count). The van der Waals surface area contributed by atoms with E-state index in [0.29, 0.717) is 24.6 Å². The Balaban J connectivity index is 2.08. The smallest absolute Gasteiger partial charge is 0.255 e. The number of aryl methyl sites for hydroxylation is 1. The van der Waals surface area contributed by atoms with Crippen molar-refractivity contribution in [2.45, 2.75) is 33.7 Å². The second-order valence-corrected chi connectivity index (χ2v) is 6.91. The van der Waals surface area contributed by atoms with Crippen LogP contribution in [0, 0.1) is 12.8 Å². The van der Waals surface area contributed by atoms with Gasteiger partial charge in [-0.3, -0.25) is 9.59 Å². The van der Waals surface area contributed by atoms with E-state index in [0.717, 1.165) is 11.4 Å². The summed E-state index contributed by atoms with van der Waals surface area (Å²) >= 11 is 1.56. The Hall–Kier alpha value is -1.36. The fourth-order valence-electron chi connectivity index (χ4n) is 2.55. The monoisotopic (exact) mass is 294 g/mol. The van der Waals surface area contributed by atoms with Crippen LogP contribution in [0.1, 0.15) is 36.0 Å². The molecule has 2 amide bonds.